The van der Waals surface area contributed by atoms with Crippen molar-refractivity contribution in [3.63, 3.8) is 0 Å². The molecular formula is C18H27N3O3. The lowest BCUT2D eigenvalue weighted by Crippen LogP contribution is -2.47. The average molecular weight is 333 g/mol. The van der Waals surface area contributed by atoms with Crippen LogP contribution in [0.4, 0.5) is 11.4 Å². The van der Waals surface area contributed by atoms with Gasteiger partial charge in [0.05, 0.1) is 11.5 Å². The highest BCUT2D eigenvalue weighted by Crippen LogP contribution is 2.30. The molecule has 1 saturated heterocycles. The standard InChI is InChI=1S/C18H27N3O3/c22-13-14-8-9-18(21(23)24)17(11-14)19-15-5-4-10-20(12-15)16-6-2-1-3-7-16/h8-9,11,15-16,19,22H,1-7,10,12-13H2. The van der Waals surface area contributed by atoms with Gasteiger partial charge in [-0.25, -0.2) is 0 Å². The Hall–Kier alpha value is -1.66. The lowest BCUT2D eigenvalue weighted by molar-refractivity contribution is -0.384. The molecule has 0 radical (unpaired) electrons. The summed E-state index contributed by atoms with van der Waals surface area (Å²) in [5.41, 5.74) is 1.31. The summed E-state index contributed by atoms with van der Waals surface area (Å²) < 4.78 is 0. The molecule has 1 heterocycles. The molecule has 1 aliphatic heterocycles. The van der Waals surface area contributed by atoms with Crippen molar-refractivity contribution in [3.8, 4) is 0 Å². The maximum absolute atomic E-state index is 11.3. The molecule has 3 rings (SSSR count). The zero-order valence-electron chi connectivity index (χ0n) is 14.1. The highest BCUT2D eigenvalue weighted by atomic mass is 16.6. The molecule has 2 N–H and O–H groups in total. The van der Waals surface area contributed by atoms with Crippen LogP contribution in [0.2, 0.25) is 0 Å². The number of nitro benzene ring substituents is 1. The maximum Gasteiger partial charge on any atom is 0.292 e. The Morgan fingerprint density at radius 2 is 2.00 bits per heavy atom. The first-order valence-electron chi connectivity index (χ1n) is 9.06. The highest BCUT2D eigenvalue weighted by molar-refractivity contribution is 5.63. The first-order valence-corrected chi connectivity index (χ1v) is 9.06. The fraction of sp³-hybridized carbons (Fsp3) is 0.667. The Morgan fingerprint density at radius 1 is 1.21 bits per heavy atom. The number of piperidine rings is 1. The molecular weight excluding hydrogens is 306 g/mol. The minimum Gasteiger partial charge on any atom is -0.392 e. The van der Waals surface area contributed by atoms with Gasteiger partial charge in [0.25, 0.3) is 5.69 Å². The molecule has 1 aliphatic carbocycles. The minimum atomic E-state index is -0.356. The van der Waals surface area contributed by atoms with Gasteiger partial charge in [0.15, 0.2) is 0 Å². The van der Waals surface area contributed by atoms with E-state index < -0.39 is 0 Å². The molecule has 0 bridgehead atoms. The second-order valence-corrected chi connectivity index (χ2v) is 7.04. The van der Waals surface area contributed by atoms with Crippen molar-refractivity contribution in [1.82, 2.24) is 4.90 Å². The number of benzene rings is 1. The molecule has 6 heteroatoms. The van der Waals surface area contributed by atoms with Crippen molar-refractivity contribution >= 4 is 11.4 Å². The Labute approximate surface area is 143 Å². The second-order valence-electron chi connectivity index (χ2n) is 7.04. The Balaban J connectivity index is 1.69. The van der Waals surface area contributed by atoms with Gasteiger partial charge in [-0.05, 0) is 49.9 Å². The maximum atomic E-state index is 11.3. The number of nitrogens with zero attached hydrogens (tertiary/aromatic N) is 2. The number of likely N-dealkylation sites (tertiary alicyclic amines) is 1. The van der Waals surface area contributed by atoms with Crippen LogP contribution >= 0.6 is 0 Å². The third kappa shape index (κ3) is 4.05. The first kappa shape index (κ1) is 17.2. The summed E-state index contributed by atoms with van der Waals surface area (Å²) in [5, 5.41) is 24.0. The van der Waals surface area contributed by atoms with Gasteiger partial charge in [-0.3, -0.25) is 15.0 Å². The van der Waals surface area contributed by atoms with Crippen LogP contribution in [0.25, 0.3) is 0 Å². The van der Waals surface area contributed by atoms with Crippen LogP contribution in [0.15, 0.2) is 18.2 Å². The number of aliphatic hydroxyl groups excluding tert-OH is 1. The van der Waals surface area contributed by atoms with Gasteiger partial charge in [0, 0.05) is 24.7 Å². The summed E-state index contributed by atoms with van der Waals surface area (Å²) in [7, 11) is 0. The second kappa shape index (κ2) is 7.94. The predicted octanol–water partition coefficient (Wildman–Crippen LogP) is 3.30. The molecule has 0 spiro atoms. The van der Waals surface area contributed by atoms with Crippen molar-refractivity contribution in [2.45, 2.75) is 63.6 Å². The fourth-order valence-corrected chi connectivity index (χ4v) is 4.08. The Bertz CT molecular complexity index is 573. The van der Waals surface area contributed by atoms with Gasteiger partial charge < -0.3 is 10.4 Å². The molecule has 1 atom stereocenters. The van der Waals surface area contributed by atoms with Gasteiger partial charge >= 0.3 is 0 Å². The number of aliphatic hydroxyl groups is 1. The molecule has 1 aromatic rings. The zero-order chi connectivity index (χ0) is 16.9. The van der Waals surface area contributed by atoms with E-state index >= 15 is 0 Å². The number of hydrogen-bond acceptors (Lipinski definition) is 5. The van der Waals surface area contributed by atoms with Crippen LogP contribution < -0.4 is 5.32 Å². The van der Waals surface area contributed by atoms with Gasteiger partial charge in [-0.15, -0.1) is 0 Å². The summed E-state index contributed by atoms with van der Waals surface area (Å²) in [6.07, 6.45) is 8.73. The fourth-order valence-electron chi connectivity index (χ4n) is 4.08. The normalized spacial score (nSPS) is 23.1. The van der Waals surface area contributed by atoms with Gasteiger partial charge in [0.1, 0.15) is 5.69 Å². The average Bonchev–Trinajstić information content (AvgIpc) is 2.62. The molecule has 0 aromatic heterocycles. The Kier molecular flexibility index (Phi) is 5.68. The first-order chi connectivity index (χ1) is 11.7. The summed E-state index contributed by atoms with van der Waals surface area (Å²) >= 11 is 0. The highest BCUT2D eigenvalue weighted by Gasteiger charge is 2.28. The third-order valence-electron chi connectivity index (χ3n) is 5.34. The Morgan fingerprint density at radius 3 is 2.71 bits per heavy atom. The van der Waals surface area contributed by atoms with Crippen LogP contribution in [-0.2, 0) is 6.61 Å². The van der Waals surface area contributed by atoms with E-state index in [1.165, 1.54) is 38.2 Å². The molecule has 2 aliphatic rings. The van der Waals surface area contributed by atoms with Crippen LogP contribution in [0.3, 0.4) is 0 Å². The third-order valence-corrected chi connectivity index (χ3v) is 5.34. The van der Waals surface area contributed by atoms with Crippen LogP contribution in [0, 0.1) is 10.1 Å². The quantitative estimate of drug-likeness (QED) is 0.638. The van der Waals surface area contributed by atoms with Crippen LogP contribution in [0.5, 0.6) is 0 Å². The topological polar surface area (TPSA) is 78.6 Å². The molecule has 6 nitrogen and oxygen atoms in total. The van der Waals surface area contributed by atoms with Gasteiger partial charge in [-0.1, -0.05) is 19.3 Å². The summed E-state index contributed by atoms with van der Waals surface area (Å²) in [4.78, 5) is 13.5. The number of hydrogen-bond donors (Lipinski definition) is 2. The van der Waals surface area contributed by atoms with Crippen molar-refractivity contribution in [2.75, 3.05) is 18.4 Å². The molecule has 24 heavy (non-hydrogen) atoms. The molecule has 1 aromatic carbocycles. The van der Waals surface area contributed by atoms with E-state index in [4.69, 9.17) is 0 Å². The van der Waals surface area contributed by atoms with Gasteiger partial charge in [0.2, 0.25) is 0 Å². The number of rotatable bonds is 5. The monoisotopic (exact) mass is 333 g/mol. The molecule has 1 unspecified atom stereocenters. The van der Waals surface area contributed by atoms with Crippen molar-refractivity contribution in [3.05, 3.63) is 33.9 Å². The van der Waals surface area contributed by atoms with E-state index in [0.717, 1.165) is 25.9 Å². The van der Waals surface area contributed by atoms with Crippen molar-refractivity contribution in [1.29, 1.82) is 0 Å². The van der Waals surface area contributed by atoms with Crippen LogP contribution in [0.1, 0.15) is 50.5 Å². The van der Waals surface area contributed by atoms with E-state index in [2.05, 4.69) is 10.2 Å². The van der Waals surface area contributed by atoms with Crippen molar-refractivity contribution in [2.24, 2.45) is 0 Å². The summed E-state index contributed by atoms with van der Waals surface area (Å²) in [6, 6.07) is 5.71. The largest absolute Gasteiger partial charge is 0.392 e. The van der Waals surface area contributed by atoms with E-state index in [9.17, 15) is 15.2 Å². The molecule has 0 amide bonds. The van der Waals surface area contributed by atoms with E-state index in [-0.39, 0.29) is 23.3 Å². The van der Waals surface area contributed by atoms with E-state index in [1.54, 1.807) is 12.1 Å². The molecule has 132 valence electrons. The zero-order valence-corrected chi connectivity index (χ0v) is 14.1. The predicted molar refractivity (Wildman–Crippen MR) is 94.1 cm³/mol. The number of nitrogens with one attached hydrogen (secondary N) is 1. The molecule has 2 fully saturated rings. The summed E-state index contributed by atoms with van der Waals surface area (Å²) in [6.45, 7) is 1.98. The number of nitro groups is 1. The number of anilines is 1. The smallest absolute Gasteiger partial charge is 0.292 e. The lowest BCUT2D eigenvalue weighted by atomic mass is 9.92. The SMILES string of the molecule is O=[N+]([O-])c1ccc(CO)cc1NC1CCCN(C2CCCCC2)C1. The van der Waals surface area contributed by atoms with Crippen LogP contribution in [-0.4, -0.2) is 40.1 Å². The van der Waals surface area contributed by atoms with Gasteiger partial charge in [-0.2, -0.15) is 0 Å². The lowest BCUT2D eigenvalue weighted by Gasteiger charge is -2.40. The van der Waals surface area contributed by atoms with E-state index in [1.807, 2.05) is 0 Å². The van der Waals surface area contributed by atoms with E-state index in [0.29, 0.717) is 17.3 Å². The molecule has 1 saturated carbocycles. The summed E-state index contributed by atoms with van der Waals surface area (Å²) in [5.74, 6) is 0. The minimum absolute atomic E-state index is 0.0852. The van der Waals surface area contributed by atoms with Crippen molar-refractivity contribution < 1.29 is 10.0 Å².